The van der Waals surface area contributed by atoms with E-state index in [-0.39, 0.29) is 22.6 Å². The first-order valence-electron chi connectivity index (χ1n) is 9.95. The van der Waals surface area contributed by atoms with E-state index < -0.39 is 10.0 Å². The monoisotopic (exact) mass is 432 g/mol. The molecule has 3 aromatic rings. The number of anilines is 1. The van der Waals surface area contributed by atoms with Crippen LogP contribution in [0.4, 0.5) is 10.1 Å². The fourth-order valence-electron chi connectivity index (χ4n) is 3.69. The molecule has 2 fully saturated rings. The first kappa shape index (κ1) is 19.3. The number of rotatable bonds is 5. The summed E-state index contributed by atoms with van der Waals surface area (Å²) in [6.07, 6.45) is 3.21. The highest BCUT2D eigenvalue weighted by atomic mass is 32.2. The summed E-state index contributed by atoms with van der Waals surface area (Å²) in [5.74, 6) is 1.02. The molecule has 2 aliphatic rings. The molecule has 10 heteroatoms. The minimum atomic E-state index is -3.77. The predicted octanol–water partition coefficient (Wildman–Crippen LogP) is 3.25. The third-order valence-corrected chi connectivity index (χ3v) is 7.48. The van der Waals surface area contributed by atoms with Crippen LogP contribution >= 0.6 is 0 Å². The van der Waals surface area contributed by atoms with Gasteiger partial charge in [-0.05, 0) is 49.2 Å². The molecular formula is C20H21FN4O4S. The zero-order valence-corrected chi connectivity index (χ0v) is 17.0. The van der Waals surface area contributed by atoms with Gasteiger partial charge in [-0.25, -0.2) is 12.8 Å². The Hall–Kier alpha value is -2.72. The SMILES string of the molecule is O=S(=O)(c1ccc(-c2nnc(C3CCC3)o2)o1)N1CCN(c2ccc(F)cc2)CC1. The molecule has 158 valence electrons. The molecule has 5 rings (SSSR count). The van der Waals surface area contributed by atoms with Crippen molar-refractivity contribution < 1.29 is 21.6 Å². The number of halogens is 1. The van der Waals surface area contributed by atoms with Gasteiger partial charge in [0.25, 0.3) is 15.9 Å². The van der Waals surface area contributed by atoms with Gasteiger partial charge in [-0.2, -0.15) is 4.31 Å². The van der Waals surface area contributed by atoms with Crippen LogP contribution in [-0.4, -0.2) is 49.1 Å². The number of nitrogens with zero attached hydrogens (tertiary/aromatic N) is 4. The molecule has 1 aromatic carbocycles. The number of hydrogen-bond acceptors (Lipinski definition) is 7. The molecule has 0 amide bonds. The molecule has 1 saturated carbocycles. The van der Waals surface area contributed by atoms with Crippen LogP contribution in [0.2, 0.25) is 0 Å². The lowest BCUT2D eigenvalue weighted by molar-refractivity contribution is 0.333. The van der Waals surface area contributed by atoms with Gasteiger partial charge in [-0.3, -0.25) is 0 Å². The quantitative estimate of drug-likeness (QED) is 0.611. The lowest BCUT2D eigenvalue weighted by atomic mass is 9.85. The standard InChI is InChI=1S/C20H21FN4O4S/c21-15-4-6-16(7-5-15)24-10-12-25(13-11-24)30(26,27)18-9-8-17(28-18)20-23-22-19(29-20)14-2-1-3-14/h4-9,14H,1-3,10-13H2. The van der Waals surface area contributed by atoms with E-state index >= 15 is 0 Å². The van der Waals surface area contributed by atoms with Gasteiger partial charge in [0, 0.05) is 37.8 Å². The zero-order chi connectivity index (χ0) is 20.7. The van der Waals surface area contributed by atoms with Crippen LogP contribution < -0.4 is 4.90 Å². The van der Waals surface area contributed by atoms with E-state index in [1.165, 1.54) is 22.5 Å². The first-order valence-corrected chi connectivity index (χ1v) is 11.4. The summed E-state index contributed by atoms with van der Waals surface area (Å²) in [6.45, 7) is 1.63. The maximum atomic E-state index is 13.1. The lowest BCUT2D eigenvalue weighted by Gasteiger charge is -2.34. The molecule has 3 heterocycles. The molecule has 0 unspecified atom stereocenters. The molecule has 30 heavy (non-hydrogen) atoms. The molecule has 0 radical (unpaired) electrons. The number of hydrogen-bond donors (Lipinski definition) is 0. The Bertz CT molecular complexity index is 1130. The minimum absolute atomic E-state index is 0.142. The fourth-order valence-corrected chi connectivity index (χ4v) is 5.03. The summed E-state index contributed by atoms with van der Waals surface area (Å²) in [6, 6.07) is 9.15. The van der Waals surface area contributed by atoms with Crippen LogP contribution in [-0.2, 0) is 10.0 Å². The van der Waals surface area contributed by atoms with Crippen LogP contribution in [0, 0.1) is 5.82 Å². The number of piperazine rings is 1. The van der Waals surface area contributed by atoms with E-state index in [1.807, 2.05) is 4.90 Å². The Morgan fingerprint density at radius 2 is 1.67 bits per heavy atom. The van der Waals surface area contributed by atoms with E-state index in [0.29, 0.717) is 38.0 Å². The number of aromatic nitrogens is 2. The first-order chi connectivity index (χ1) is 14.5. The smallest absolute Gasteiger partial charge is 0.283 e. The Labute approximate surface area is 173 Å². The maximum Gasteiger partial charge on any atom is 0.283 e. The van der Waals surface area contributed by atoms with E-state index in [2.05, 4.69) is 10.2 Å². The average Bonchev–Trinajstić information content (AvgIpc) is 3.37. The van der Waals surface area contributed by atoms with E-state index in [4.69, 9.17) is 8.83 Å². The second-order valence-corrected chi connectivity index (χ2v) is 9.43. The second kappa shape index (κ2) is 7.51. The Balaban J connectivity index is 1.28. The van der Waals surface area contributed by atoms with Crippen molar-refractivity contribution in [3.63, 3.8) is 0 Å². The molecule has 0 atom stereocenters. The topological polar surface area (TPSA) is 92.7 Å². The minimum Gasteiger partial charge on any atom is -0.438 e. The van der Waals surface area contributed by atoms with Gasteiger partial charge in [-0.1, -0.05) is 6.42 Å². The molecule has 1 saturated heterocycles. The molecule has 0 spiro atoms. The van der Waals surface area contributed by atoms with Crippen molar-refractivity contribution in [3.05, 3.63) is 48.1 Å². The van der Waals surface area contributed by atoms with Gasteiger partial charge in [0.2, 0.25) is 11.0 Å². The Morgan fingerprint density at radius 1 is 0.933 bits per heavy atom. The van der Waals surface area contributed by atoms with Crippen molar-refractivity contribution in [2.75, 3.05) is 31.1 Å². The van der Waals surface area contributed by atoms with Crippen LogP contribution in [0.1, 0.15) is 31.1 Å². The highest BCUT2D eigenvalue weighted by molar-refractivity contribution is 7.89. The second-order valence-electron chi connectivity index (χ2n) is 7.56. The van der Waals surface area contributed by atoms with Gasteiger partial charge in [-0.15, -0.1) is 10.2 Å². The van der Waals surface area contributed by atoms with Crippen molar-refractivity contribution in [1.29, 1.82) is 0 Å². The number of furan rings is 1. The van der Waals surface area contributed by atoms with Crippen molar-refractivity contribution in [1.82, 2.24) is 14.5 Å². The lowest BCUT2D eigenvalue weighted by Crippen LogP contribution is -2.48. The molecule has 1 aliphatic carbocycles. The molecule has 8 nitrogen and oxygen atoms in total. The van der Waals surface area contributed by atoms with Gasteiger partial charge < -0.3 is 13.7 Å². The number of sulfonamides is 1. The molecule has 0 bridgehead atoms. The summed E-state index contributed by atoms with van der Waals surface area (Å²) in [5.41, 5.74) is 0.868. The molecule has 0 N–H and O–H groups in total. The predicted molar refractivity (Wildman–Crippen MR) is 106 cm³/mol. The van der Waals surface area contributed by atoms with Gasteiger partial charge >= 0.3 is 0 Å². The molecule has 2 aromatic heterocycles. The molecular weight excluding hydrogens is 411 g/mol. The van der Waals surface area contributed by atoms with Crippen LogP contribution in [0.3, 0.4) is 0 Å². The normalized spacial score (nSPS) is 18.5. The summed E-state index contributed by atoms with van der Waals surface area (Å²) in [7, 11) is -3.77. The Morgan fingerprint density at radius 3 is 2.33 bits per heavy atom. The van der Waals surface area contributed by atoms with E-state index in [0.717, 1.165) is 24.9 Å². The van der Waals surface area contributed by atoms with Crippen LogP contribution in [0.15, 0.2) is 50.3 Å². The average molecular weight is 432 g/mol. The van der Waals surface area contributed by atoms with Gasteiger partial charge in [0.05, 0.1) is 0 Å². The molecule has 1 aliphatic heterocycles. The Kier molecular flexibility index (Phi) is 4.82. The summed E-state index contributed by atoms with van der Waals surface area (Å²) in [4.78, 5) is 2.03. The zero-order valence-electron chi connectivity index (χ0n) is 16.2. The van der Waals surface area contributed by atoms with E-state index in [9.17, 15) is 12.8 Å². The van der Waals surface area contributed by atoms with E-state index in [1.54, 1.807) is 18.2 Å². The highest BCUT2D eigenvalue weighted by Crippen LogP contribution is 2.37. The third-order valence-electron chi connectivity index (χ3n) is 5.71. The number of benzene rings is 1. The summed E-state index contributed by atoms with van der Waals surface area (Å²) < 4.78 is 51.7. The van der Waals surface area contributed by atoms with Crippen molar-refractivity contribution in [2.24, 2.45) is 0 Å². The van der Waals surface area contributed by atoms with Crippen molar-refractivity contribution >= 4 is 15.7 Å². The van der Waals surface area contributed by atoms with Gasteiger partial charge in [0.15, 0.2) is 5.76 Å². The van der Waals surface area contributed by atoms with Crippen LogP contribution in [0.25, 0.3) is 11.7 Å². The fraction of sp³-hybridized carbons (Fsp3) is 0.400. The van der Waals surface area contributed by atoms with Crippen molar-refractivity contribution in [2.45, 2.75) is 30.3 Å². The van der Waals surface area contributed by atoms with Crippen LogP contribution in [0.5, 0.6) is 0 Å². The van der Waals surface area contributed by atoms with Crippen molar-refractivity contribution in [3.8, 4) is 11.7 Å². The van der Waals surface area contributed by atoms with Gasteiger partial charge in [0.1, 0.15) is 5.82 Å². The third kappa shape index (κ3) is 3.50. The summed E-state index contributed by atoms with van der Waals surface area (Å²) >= 11 is 0. The maximum absolute atomic E-state index is 13.1. The largest absolute Gasteiger partial charge is 0.438 e. The highest BCUT2D eigenvalue weighted by Gasteiger charge is 2.32. The summed E-state index contributed by atoms with van der Waals surface area (Å²) in [5, 5.41) is 7.91.